The fourth-order valence-corrected chi connectivity index (χ4v) is 5.58. The van der Waals surface area contributed by atoms with E-state index in [-0.39, 0.29) is 30.3 Å². The summed E-state index contributed by atoms with van der Waals surface area (Å²) in [6.07, 6.45) is 6.14. The number of piperidine rings is 2. The van der Waals surface area contributed by atoms with Crippen LogP contribution in [0.2, 0.25) is 0 Å². The van der Waals surface area contributed by atoms with E-state index < -0.39 is 10.0 Å². The van der Waals surface area contributed by atoms with Gasteiger partial charge >= 0.3 is 6.03 Å². The molecule has 1 aromatic rings. The molecule has 8 nitrogen and oxygen atoms in total. The van der Waals surface area contributed by atoms with E-state index in [9.17, 15) is 18.3 Å². The topological polar surface area (TPSA) is 102 Å². The van der Waals surface area contributed by atoms with Gasteiger partial charge in [0.2, 0.25) is 10.0 Å². The zero-order valence-corrected chi connectivity index (χ0v) is 17.6. The lowest BCUT2D eigenvalue weighted by atomic mass is 10.00. The predicted molar refractivity (Wildman–Crippen MR) is 113 cm³/mol. The molecule has 9 heteroatoms. The van der Waals surface area contributed by atoms with Gasteiger partial charge in [-0.3, -0.25) is 4.72 Å². The van der Waals surface area contributed by atoms with E-state index in [0.717, 1.165) is 50.7 Å². The average Bonchev–Trinajstić information content (AvgIpc) is 2.93. The Morgan fingerprint density at radius 2 is 1.76 bits per heavy atom. The molecular weight excluding hydrogens is 392 g/mol. The van der Waals surface area contributed by atoms with Gasteiger partial charge in [-0.15, -0.1) is 0 Å². The number of hydrogen-bond donors (Lipinski definition) is 3. The van der Waals surface area contributed by atoms with E-state index >= 15 is 0 Å². The highest BCUT2D eigenvalue weighted by Gasteiger charge is 2.43. The molecule has 29 heavy (non-hydrogen) atoms. The second-order valence-corrected chi connectivity index (χ2v) is 10.3. The van der Waals surface area contributed by atoms with Crippen LogP contribution in [0.1, 0.15) is 38.5 Å². The molecule has 3 aliphatic rings. The summed E-state index contributed by atoms with van der Waals surface area (Å²) >= 11 is 0. The number of amides is 2. The number of nitrogens with one attached hydrogen (secondary N) is 2. The van der Waals surface area contributed by atoms with Gasteiger partial charge in [-0.25, -0.2) is 13.2 Å². The molecule has 1 aromatic carbocycles. The maximum atomic E-state index is 12.9. The molecule has 2 amide bonds. The lowest BCUT2D eigenvalue weighted by Crippen LogP contribution is -2.56. The first-order valence-electron chi connectivity index (χ1n) is 10.4. The highest BCUT2D eigenvalue weighted by molar-refractivity contribution is 7.92. The Labute approximate surface area is 172 Å². The number of urea groups is 1. The van der Waals surface area contributed by atoms with Gasteiger partial charge in [0.05, 0.1) is 12.4 Å². The maximum absolute atomic E-state index is 12.9. The van der Waals surface area contributed by atoms with Crippen molar-refractivity contribution < 1.29 is 18.3 Å². The van der Waals surface area contributed by atoms with Crippen molar-refractivity contribution in [2.24, 2.45) is 0 Å². The average molecular weight is 423 g/mol. The minimum absolute atomic E-state index is 0.00366. The van der Waals surface area contributed by atoms with E-state index in [0.29, 0.717) is 18.5 Å². The molecule has 0 saturated carbocycles. The van der Waals surface area contributed by atoms with E-state index in [2.05, 4.69) is 14.9 Å². The molecule has 3 fully saturated rings. The highest BCUT2D eigenvalue weighted by atomic mass is 32.2. The van der Waals surface area contributed by atoms with E-state index in [1.807, 2.05) is 17.0 Å². The third-order valence-corrected chi connectivity index (χ3v) is 6.83. The van der Waals surface area contributed by atoms with Crippen LogP contribution in [0, 0.1) is 0 Å². The van der Waals surface area contributed by atoms with Gasteiger partial charge in [0, 0.05) is 42.6 Å². The van der Waals surface area contributed by atoms with Crippen LogP contribution in [0.5, 0.6) is 0 Å². The summed E-state index contributed by atoms with van der Waals surface area (Å²) in [5.74, 6) is 0. The molecule has 1 unspecified atom stereocenters. The molecule has 0 aliphatic carbocycles. The van der Waals surface area contributed by atoms with Crippen molar-refractivity contribution in [3.63, 3.8) is 0 Å². The number of fused-ring (bicyclic) bond motifs is 2. The van der Waals surface area contributed by atoms with Crippen LogP contribution < -0.4 is 14.9 Å². The van der Waals surface area contributed by atoms with Crippen LogP contribution in [0.15, 0.2) is 24.3 Å². The van der Waals surface area contributed by atoms with E-state index in [1.54, 1.807) is 12.1 Å². The summed E-state index contributed by atoms with van der Waals surface area (Å²) in [5, 5.41) is 13.2. The Morgan fingerprint density at radius 1 is 1.10 bits per heavy atom. The van der Waals surface area contributed by atoms with E-state index in [4.69, 9.17) is 0 Å². The normalized spacial score (nSPS) is 29.6. The molecule has 0 spiro atoms. The number of carbonyl (C=O) groups excluding carboxylic acids is 1. The number of nitrogens with zero attached hydrogens (tertiary/aromatic N) is 2. The number of aliphatic hydroxyl groups excluding tert-OH is 1. The van der Waals surface area contributed by atoms with Crippen molar-refractivity contribution in [3.8, 4) is 0 Å². The molecule has 0 aromatic heterocycles. The molecule has 3 aliphatic heterocycles. The summed E-state index contributed by atoms with van der Waals surface area (Å²) in [7, 11) is -3.29. The van der Waals surface area contributed by atoms with Crippen LogP contribution >= 0.6 is 0 Å². The van der Waals surface area contributed by atoms with Crippen molar-refractivity contribution in [1.82, 2.24) is 10.2 Å². The van der Waals surface area contributed by atoms with Gasteiger partial charge in [0.25, 0.3) is 0 Å². The molecular formula is C20H30N4O4S. The van der Waals surface area contributed by atoms with Gasteiger partial charge in [0.1, 0.15) is 0 Å². The molecule has 3 heterocycles. The summed E-state index contributed by atoms with van der Waals surface area (Å²) in [4.78, 5) is 17.1. The van der Waals surface area contributed by atoms with Crippen LogP contribution in [0.3, 0.4) is 0 Å². The first-order chi connectivity index (χ1) is 13.8. The summed E-state index contributed by atoms with van der Waals surface area (Å²) in [6.45, 7) is 1.64. The van der Waals surface area contributed by atoms with Crippen molar-refractivity contribution in [1.29, 1.82) is 0 Å². The largest absolute Gasteiger partial charge is 0.393 e. The Morgan fingerprint density at radius 3 is 2.38 bits per heavy atom. The van der Waals surface area contributed by atoms with Crippen LogP contribution in [-0.4, -0.2) is 68.0 Å². The van der Waals surface area contributed by atoms with Crippen LogP contribution in [0.4, 0.5) is 16.2 Å². The first kappa shape index (κ1) is 20.3. The number of hydrogen-bond acceptors (Lipinski definition) is 5. The first-order valence-corrected chi connectivity index (χ1v) is 12.3. The molecule has 160 valence electrons. The highest BCUT2D eigenvalue weighted by Crippen LogP contribution is 2.35. The molecule has 4 atom stereocenters. The van der Waals surface area contributed by atoms with Crippen molar-refractivity contribution in [3.05, 3.63) is 24.3 Å². The molecule has 4 rings (SSSR count). The minimum Gasteiger partial charge on any atom is -0.393 e. The number of rotatable bonds is 4. The molecule has 0 radical (unpaired) electrons. The zero-order valence-electron chi connectivity index (χ0n) is 16.8. The summed E-state index contributed by atoms with van der Waals surface area (Å²) < 4.78 is 25.2. The second-order valence-electron chi connectivity index (χ2n) is 8.57. The maximum Gasteiger partial charge on any atom is 0.318 e. The third-order valence-electron chi connectivity index (χ3n) is 6.23. The Kier molecular flexibility index (Phi) is 5.61. The fraction of sp³-hybridized carbons (Fsp3) is 0.650. The summed E-state index contributed by atoms with van der Waals surface area (Å²) in [5.41, 5.74) is 1.56. The van der Waals surface area contributed by atoms with Crippen molar-refractivity contribution in [2.75, 3.05) is 29.0 Å². The van der Waals surface area contributed by atoms with Crippen molar-refractivity contribution >= 4 is 27.4 Å². The number of aliphatic hydroxyl groups is 1. The predicted octanol–water partition coefficient (Wildman–Crippen LogP) is 1.72. The van der Waals surface area contributed by atoms with Gasteiger partial charge in [-0.2, -0.15) is 0 Å². The van der Waals surface area contributed by atoms with E-state index in [1.165, 1.54) is 0 Å². The SMILES string of the molecule is CS(=O)(=O)Nc1ccc(N2CCC[C@H](NC(=O)N3[C@@H]4CC[C@H]3CC(O)C4)C2)cc1. The van der Waals surface area contributed by atoms with Gasteiger partial charge < -0.3 is 20.2 Å². The Hall–Kier alpha value is -2.00. The summed E-state index contributed by atoms with van der Waals surface area (Å²) in [6, 6.07) is 7.75. The number of sulfonamides is 1. The van der Waals surface area contributed by atoms with Gasteiger partial charge in [-0.05, 0) is 62.8 Å². The Balaban J connectivity index is 1.36. The van der Waals surface area contributed by atoms with Crippen LogP contribution in [0.25, 0.3) is 0 Å². The smallest absolute Gasteiger partial charge is 0.318 e. The lowest BCUT2D eigenvalue weighted by molar-refractivity contribution is 0.0533. The number of benzene rings is 1. The standard InChI is InChI=1S/C20H30N4O4S/c1-29(27,28)22-14-4-6-16(7-5-14)23-10-2-3-15(13-23)21-20(26)24-17-8-9-18(24)12-19(25)11-17/h4-7,15,17-19,22,25H,2-3,8-13H2,1H3,(H,21,26)/t15-,17-,18+,19?/m0/s1. The lowest BCUT2D eigenvalue weighted by Gasteiger charge is -2.40. The number of carbonyl (C=O) groups is 1. The minimum atomic E-state index is -3.29. The zero-order chi connectivity index (χ0) is 20.6. The van der Waals surface area contributed by atoms with Gasteiger partial charge in [-0.1, -0.05) is 0 Å². The molecule has 2 bridgehead atoms. The number of anilines is 2. The van der Waals surface area contributed by atoms with Crippen LogP contribution in [-0.2, 0) is 10.0 Å². The molecule has 3 saturated heterocycles. The monoisotopic (exact) mass is 422 g/mol. The molecule has 3 N–H and O–H groups in total. The third kappa shape index (κ3) is 4.78. The van der Waals surface area contributed by atoms with Crippen molar-refractivity contribution in [2.45, 2.75) is 62.8 Å². The van der Waals surface area contributed by atoms with Gasteiger partial charge in [0.15, 0.2) is 0 Å². The second kappa shape index (κ2) is 8.02. The Bertz CT molecular complexity index is 831. The quantitative estimate of drug-likeness (QED) is 0.686. The fourth-order valence-electron chi connectivity index (χ4n) is 5.01.